The van der Waals surface area contributed by atoms with Crippen LogP contribution in [0.2, 0.25) is 0 Å². The van der Waals surface area contributed by atoms with Crippen molar-refractivity contribution < 1.29 is 19.0 Å². The van der Waals surface area contributed by atoms with Crippen molar-refractivity contribution in [2.45, 2.75) is 26.2 Å². The molecule has 0 fully saturated rings. The molecular formula is C16H19FN2O3S. The second-order valence-corrected chi connectivity index (χ2v) is 6.17. The zero-order valence-corrected chi connectivity index (χ0v) is 13.7. The van der Waals surface area contributed by atoms with Crippen LogP contribution in [0.3, 0.4) is 0 Å². The van der Waals surface area contributed by atoms with Crippen LogP contribution in [0.1, 0.15) is 24.8 Å². The molecule has 0 bridgehead atoms. The number of aryl methyl sites for hydroxylation is 1. The number of rotatable bonds is 8. The van der Waals surface area contributed by atoms with Gasteiger partial charge in [-0.1, -0.05) is 13.3 Å². The van der Waals surface area contributed by atoms with Crippen LogP contribution in [0, 0.1) is 0 Å². The molecule has 7 heteroatoms. The Morgan fingerprint density at radius 3 is 3.04 bits per heavy atom. The molecule has 23 heavy (non-hydrogen) atoms. The summed E-state index contributed by atoms with van der Waals surface area (Å²) in [6.45, 7) is 2.04. The number of thiazole rings is 1. The van der Waals surface area contributed by atoms with Gasteiger partial charge in [0.25, 0.3) is 0 Å². The van der Waals surface area contributed by atoms with Gasteiger partial charge in [-0.15, -0.1) is 11.3 Å². The lowest BCUT2D eigenvalue weighted by molar-refractivity contribution is 0.195. The highest BCUT2D eigenvalue weighted by Crippen LogP contribution is 2.27. The molecule has 0 saturated carbocycles. The Kier molecular flexibility index (Phi) is 6.34. The summed E-state index contributed by atoms with van der Waals surface area (Å²) < 4.78 is 19.3. The van der Waals surface area contributed by atoms with Gasteiger partial charge < -0.3 is 15.2 Å². The zero-order valence-electron chi connectivity index (χ0n) is 12.8. The van der Waals surface area contributed by atoms with E-state index in [0.717, 1.165) is 34.5 Å². The number of nitrogens with one attached hydrogen (secondary N) is 1. The van der Waals surface area contributed by atoms with Gasteiger partial charge in [0, 0.05) is 12.1 Å². The van der Waals surface area contributed by atoms with Crippen molar-refractivity contribution in [3.05, 3.63) is 35.1 Å². The number of fused-ring (bicyclic) bond motifs is 1. The number of hydrogen-bond donors (Lipinski definition) is 2. The van der Waals surface area contributed by atoms with E-state index in [0.29, 0.717) is 12.1 Å². The minimum absolute atomic E-state index is 0.0101. The molecule has 1 aromatic heterocycles. The third-order valence-electron chi connectivity index (χ3n) is 3.19. The topological polar surface area (TPSA) is 71.5 Å². The highest BCUT2D eigenvalue weighted by atomic mass is 32.1. The van der Waals surface area contributed by atoms with Crippen molar-refractivity contribution in [1.29, 1.82) is 0 Å². The molecular weight excluding hydrogens is 319 g/mol. The van der Waals surface area contributed by atoms with E-state index >= 15 is 0 Å². The van der Waals surface area contributed by atoms with Gasteiger partial charge >= 0.3 is 6.09 Å². The van der Waals surface area contributed by atoms with Gasteiger partial charge in [0.05, 0.1) is 21.6 Å². The molecule has 5 nitrogen and oxygen atoms in total. The predicted molar refractivity (Wildman–Crippen MR) is 88.9 cm³/mol. The van der Waals surface area contributed by atoms with E-state index in [1.807, 2.05) is 12.1 Å². The Hall–Kier alpha value is -2.15. The quantitative estimate of drug-likeness (QED) is 0.759. The van der Waals surface area contributed by atoms with E-state index in [1.54, 1.807) is 17.4 Å². The van der Waals surface area contributed by atoms with E-state index < -0.39 is 6.09 Å². The number of carboxylic acid groups (broad SMARTS) is 1. The maximum Gasteiger partial charge on any atom is 0.404 e. The van der Waals surface area contributed by atoms with Crippen molar-refractivity contribution in [2.75, 3.05) is 13.2 Å². The van der Waals surface area contributed by atoms with Crippen LogP contribution in [-0.4, -0.2) is 29.3 Å². The number of ether oxygens (including phenoxy) is 1. The Balaban J connectivity index is 1.98. The SMILES string of the molecule is CCCCc1nc2ccc(OCC(=CF)CNC(=O)O)cc2s1. The van der Waals surface area contributed by atoms with Crippen molar-refractivity contribution in [3.63, 3.8) is 0 Å². The number of unbranched alkanes of at least 4 members (excludes halogenated alkanes) is 1. The highest BCUT2D eigenvalue weighted by Gasteiger charge is 2.07. The monoisotopic (exact) mass is 338 g/mol. The molecule has 0 aliphatic carbocycles. The molecule has 0 saturated heterocycles. The predicted octanol–water partition coefficient (Wildman–Crippen LogP) is 4.14. The standard InChI is InChI=1S/C16H19FN2O3S/c1-2-3-4-15-19-13-6-5-12(7-14(13)23-15)22-10-11(8-17)9-18-16(20)21/h5-8,18H,2-4,9-10H2,1H3,(H,20,21). The van der Waals surface area contributed by atoms with Gasteiger partial charge in [-0.25, -0.2) is 14.2 Å². The van der Waals surface area contributed by atoms with E-state index in [4.69, 9.17) is 9.84 Å². The lowest BCUT2D eigenvalue weighted by Gasteiger charge is -2.08. The van der Waals surface area contributed by atoms with Crippen molar-refractivity contribution in [2.24, 2.45) is 0 Å². The molecule has 1 heterocycles. The van der Waals surface area contributed by atoms with Crippen molar-refractivity contribution in [3.8, 4) is 5.75 Å². The lowest BCUT2D eigenvalue weighted by atomic mass is 10.2. The van der Waals surface area contributed by atoms with Gasteiger partial charge in [-0.05, 0) is 31.0 Å². The third kappa shape index (κ3) is 5.21. The van der Waals surface area contributed by atoms with Gasteiger partial charge in [-0.2, -0.15) is 0 Å². The first-order valence-corrected chi connectivity index (χ1v) is 8.21. The second-order valence-electron chi connectivity index (χ2n) is 5.06. The number of halogens is 1. The summed E-state index contributed by atoms with van der Waals surface area (Å²) in [5, 5.41) is 11.7. The summed E-state index contributed by atoms with van der Waals surface area (Å²) in [7, 11) is 0. The number of benzene rings is 1. The Morgan fingerprint density at radius 2 is 2.35 bits per heavy atom. The summed E-state index contributed by atoms with van der Waals surface area (Å²) in [6.07, 6.45) is 2.39. The van der Waals surface area contributed by atoms with Gasteiger partial charge in [0.1, 0.15) is 12.4 Å². The van der Waals surface area contributed by atoms with Crippen LogP contribution >= 0.6 is 11.3 Å². The van der Waals surface area contributed by atoms with Crippen molar-refractivity contribution in [1.82, 2.24) is 10.3 Å². The lowest BCUT2D eigenvalue weighted by Crippen LogP contribution is -2.25. The Bertz CT molecular complexity index is 700. The smallest absolute Gasteiger partial charge is 0.404 e. The van der Waals surface area contributed by atoms with E-state index in [2.05, 4.69) is 17.2 Å². The number of carbonyl (C=O) groups is 1. The fourth-order valence-corrected chi connectivity index (χ4v) is 3.00. The maximum absolute atomic E-state index is 12.7. The minimum atomic E-state index is -1.20. The molecule has 0 spiro atoms. The summed E-state index contributed by atoms with van der Waals surface area (Å²) in [5.41, 5.74) is 1.16. The average molecular weight is 338 g/mol. The minimum Gasteiger partial charge on any atom is -0.489 e. The zero-order chi connectivity index (χ0) is 16.7. The number of amides is 1. The summed E-state index contributed by atoms with van der Waals surface area (Å²) in [5.74, 6) is 0.609. The molecule has 0 atom stereocenters. The third-order valence-corrected chi connectivity index (χ3v) is 4.27. The fraction of sp³-hybridized carbons (Fsp3) is 0.375. The first-order valence-electron chi connectivity index (χ1n) is 7.39. The molecule has 2 aromatic rings. The second kappa shape index (κ2) is 8.47. The summed E-state index contributed by atoms with van der Waals surface area (Å²) in [4.78, 5) is 15.0. The molecule has 0 radical (unpaired) electrons. The normalized spacial score (nSPS) is 11.7. The van der Waals surface area contributed by atoms with Crippen LogP contribution < -0.4 is 10.1 Å². The van der Waals surface area contributed by atoms with E-state index in [9.17, 15) is 9.18 Å². The largest absolute Gasteiger partial charge is 0.489 e. The fourth-order valence-electron chi connectivity index (χ4n) is 1.96. The van der Waals surface area contributed by atoms with Crippen molar-refractivity contribution >= 4 is 27.6 Å². The average Bonchev–Trinajstić information content (AvgIpc) is 2.94. The Labute approximate surface area is 137 Å². The molecule has 2 rings (SSSR count). The molecule has 124 valence electrons. The maximum atomic E-state index is 12.7. The van der Waals surface area contributed by atoms with E-state index in [1.165, 1.54) is 0 Å². The van der Waals surface area contributed by atoms with Gasteiger partial charge in [0.2, 0.25) is 0 Å². The van der Waals surface area contributed by atoms with Crippen LogP contribution in [0.25, 0.3) is 10.2 Å². The Morgan fingerprint density at radius 1 is 1.52 bits per heavy atom. The van der Waals surface area contributed by atoms with Crippen LogP contribution in [0.4, 0.5) is 9.18 Å². The summed E-state index contributed by atoms with van der Waals surface area (Å²) in [6, 6.07) is 5.54. The first kappa shape index (κ1) is 17.2. The molecule has 2 N–H and O–H groups in total. The van der Waals surface area contributed by atoms with Crippen LogP contribution in [-0.2, 0) is 6.42 Å². The molecule has 0 aliphatic heterocycles. The number of aromatic nitrogens is 1. The molecule has 0 aliphatic rings. The van der Waals surface area contributed by atoms with E-state index in [-0.39, 0.29) is 18.7 Å². The molecule has 1 aromatic carbocycles. The first-order chi connectivity index (χ1) is 11.1. The van der Waals surface area contributed by atoms with Gasteiger partial charge in [-0.3, -0.25) is 0 Å². The number of hydrogen-bond acceptors (Lipinski definition) is 4. The summed E-state index contributed by atoms with van der Waals surface area (Å²) >= 11 is 1.64. The van der Waals surface area contributed by atoms with Crippen LogP contribution in [0.5, 0.6) is 5.75 Å². The molecule has 1 amide bonds. The molecule has 0 unspecified atom stereocenters. The number of nitrogens with zero attached hydrogens (tertiary/aromatic N) is 1. The highest BCUT2D eigenvalue weighted by molar-refractivity contribution is 7.18. The van der Waals surface area contributed by atoms with Gasteiger partial charge in [0.15, 0.2) is 0 Å². The van der Waals surface area contributed by atoms with Crippen LogP contribution in [0.15, 0.2) is 30.1 Å².